The molecule has 0 amide bonds. The summed E-state index contributed by atoms with van der Waals surface area (Å²) in [7, 11) is 0. The van der Waals surface area contributed by atoms with Gasteiger partial charge in [-0.1, -0.05) is 6.08 Å². The molecule has 0 aliphatic rings. The van der Waals surface area contributed by atoms with Crippen LogP contribution in [0.4, 0.5) is 0 Å². The van der Waals surface area contributed by atoms with Gasteiger partial charge in [-0.05, 0) is 30.5 Å². The molecule has 6 N–H and O–H groups in total. The van der Waals surface area contributed by atoms with E-state index < -0.39 is 13.4 Å². The molecule has 11 heteroatoms. The van der Waals surface area contributed by atoms with Crippen molar-refractivity contribution in [3.05, 3.63) is 49.1 Å². The van der Waals surface area contributed by atoms with Crippen LogP contribution in [-0.2, 0) is 43.1 Å². The zero-order valence-corrected chi connectivity index (χ0v) is 17.2. The normalized spacial score (nSPS) is 8.95. The third kappa shape index (κ3) is 131. The Kier molecular flexibility index (Phi) is 25.4. The van der Waals surface area contributed by atoms with Crippen molar-refractivity contribution in [1.82, 2.24) is 0 Å². The Morgan fingerprint density at radius 2 is 1.10 bits per heavy atom. The predicted octanol–water partition coefficient (Wildman–Crippen LogP) is 1.05. The number of benzene rings is 1. The van der Waals surface area contributed by atoms with E-state index in [1.54, 1.807) is 6.08 Å². The molecule has 1 aromatic carbocycles. The first-order chi connectivity index (χ1) is 8.41. The van der Waals surface area contributed by atoms with E-state index in [-0.39, 0.29) is 19.5 Å². The van der Waals surface area contributed by atoms with E-state index in [9.17, 15) is 0 Å². The summed E-state index contributed by atoms with van der Waals surface area (Å²) in [5.74, 6) is 0. The van der Waals surface area contributed by atoms with Gasteiger partial charge in [0, 0.05) is 19.5 Å². The van der Waals surface area contributed by atoms with Gasteiger partial charge in [0.05, 0.1) is 0 Å². The summed E-state index contributed by atoms with van der Waals surface area (Å²) in [6.07, 6.45) is 1.75. The first kappa shape index (κ1) is 28.8. The van der Waals surface area contributed by atoms with Gasteiger partial charge in [-0.15, -0.1) is 6.58 Å². The van der Waals surface area contributed by atoms with Crippen molar-refractivity contribution >= 4 is 37.1 Å². The van der Waals surface area contributed by atoms with Gasteiger partial charge >= 0.3 is 13.4 Å². The van der Waals surface area contributed by atoms with Crippen molar-refractivity contribution in [3.8, 4) is 0 Å². The number of hydrogen-bond acceptors (Lipinski definition) is 2. The molecule has 0 aliphatic heterocycles. The number of rotatable bonds is 0. The summed E-state index contributed by atoms with van der Waals surface area (Å²) in [5.41, 5.74) is 0. The van der Waals surface area contributed by atoms with E-state index in [1.807, 2.05) is 37.3 Å². The fraction of sp³-hybridized carbons (Fsp3) is 0.111. The van der Waals surface area contributed by atoms with Gasteiger partial charge in [0.1, 0.15) is 0 Å². The van der Waals surface area contributed by atoms with Crippen LogP contribution in [0.1, 0.15) is 6.92 Å². The molecule has 6 nitrogen and oxygen atoms in total. The Morgan fingerprint density at radius 1 is 0.900 bits per heavy atom. The van der Waals surface area contributed by atoms with Gasteiger partial charge in [-0.3, -0.25) is 0 Å². The summed E-state index contributed by atoms with van der Waals surface area (Å²) >= 11 is 7.21. The molecule has 1 aromatic rings. The average molecular weight is 413 g/mol. The van der Waals surface area contributed by atoms with Gasteiger partial charge in [0.25, 0.3) is 0 Å². The van der Waals surface area contributed by atoms with Crippen LogP contribution < -0.4 is 0 Å². The quantitative estimate of drug-likeness (QED) is 0.162. The third-order valence-electron chi connectivity index (χ3n) is 0.607. The van der Waals surface area contributed by atoms with Crippen molar-refractivity contribution in [2.45, 2.75) is 6.92 Å². The molecule has 0 fully saturated rings. The summed E-state index contributed by atoms with van der Waals surface area (Å²) in [6, 6.07) is 12.5. The second-order valence-corrected chi connectivity index (χ2v) is 7.50. The van der Waals surface area contributed by atoms with Crippen molar-refractivity contribution in [2.75, 3.05) is 0 Å². The molecule has 0 saturated heterocycles. The fourth-order valence-corrected chi connectivity index (χ4v) is 0.342. The fourth-order valence-electron chi connectivity index (χ4n) is 0.342. The Morgan fingerprint density at radius 3 is 1.15 bits per heavy atom. The average Bonchev–Trinajstić information content (AvgIpc) is 2.16. The summed E-state index contributed by atoms with van der Waals surface area (Å²) < 4.78 is 0. The van der Waals surface area contributed by atoms with E-state index in [2.05, 4.69) is 36.3 Å². The summed E-state index contributed by atoms with van der Waals surface area (Å²) in [5, 5.41) is 0. The van der Waals surface area contributed by atoms with E-state index in [0.717, 1.165) is 0 Å². The number of allylic oxidation sites excluding steroid dienone is 1. The molecule has 0 aliphatic carbocycles. The molecule has 0 spiro atoms. The van der Waals surface area contributed by atoms with Crippen LogP contribution in [-0.4, -0.2) is 29.4 Å². The van der Waals surface area contributed by atoms with E-state index in [0.29, 0.717) is 0 Å². The van der Waals surface area contributed by atoms with Crippen LogP contribution in [0, 0.1) is 6.07 Å². The van der Waals surface area contributed by atoms with Crippen molar-refractivity contribution in [1.29, 1.82) is 0 Å². The van der Waals surface area contributed by atoms with Crippen LogP contribution in [0.5, 0.6) is 0 Å². The molecule has 0 aromatic heterocycles. The summed E-state index contributed by atoms with van der Waals surface area (Å²) in [4.78, 5) is 45.3. The Bertz CT molecular complexity index is 331. The maximum Gasteiger partial charge on any atom is 0.319 e. The molecule has 0 heterocycles. The zero-order chi connectivity index (χ0) is 15.9. The van der Waals surface area contributed by atoms with Gasteiger partial charge in [-0.2, -0.15) is 36.4 Å². The minimum Gasteiger partial charge on any atom is -0.325 e. The SMILES string of the molecule is C=CC.OP(O)(O)=S.OP(O)(O)=S.[Zn].[c-]1ccccc1. The van der Waals surface area contributed by atoms with Gasteiger partial charge in [0.15, 0.2) is 0 Å². The molecule has 0 saturated carbocycles. The van der Waals surface area contributed by atoms with E-state index in [1.165, 1.54) is 0 Å². The first-order valence-electron chi connectivity index (χ1n) is 4.46. The van der Waals surface area contributed by atoms with Gasteiger partial charge in [0.2, 0.25) is 0 Å². The standard InChI is InChI=1S/C6H5.C3H6.2H3O3PS.Zn/c1-2-4-6-5-3-1;1-3-2;2*1-4(2,3)5;/h1-5H;3H,1H2,2H3;2*(H3,1,2,3,5);/q-1;;;;. The van der Waals surface area contributed by atoms with Crippen LogP contribution in [0.25, 0.3) is 0 Å². The smallest absolute Gasteiger partial charge is 0.319 e. The second kappa shape index (κ2) is 17.7. The Balaban J connectivity index is -0.0000000864. The molecule has 0 atom stereocenters. The van der Waals surface area contributed by atoms with E-state index >= 15 is 0 Å². The van der Waals surface area contributed by atoms with E-state index in [4.69, 9.17) is 29.4 Å². The molecule has 20 heavy (non-hydrogen) atoms. The molecule has 0 bridgehead atoms. The monoisotopic (exact) mass is 411 g/mol. The van der Waals surface area contributed by atoms with Crippen molar-refractivity contribution in [3.63, 3.8) is 0 Å². The topological polar surface area (TPSA) is 121 Å². The second-order valence-electron chi connectivity index (χ2n) is 2.51. The number of hydrogen-bond donors (Lipinski definition) is 6. The van der Waals surface area contributed by atoms with Crippen molar-refractivity contribution < 1.29 is 48.8 Å². The van der Waals surface area contributed by atoms with Crippen LogP contribution in [0.2, 0.25) is 0 Å². The van der Waals surface area contributed by atoms with Crippen LogP contribution in [0.3, 0.4) is 0 Å². The van der Waals surface area contributed by atoms with Gasteiger partial charge in [-0.25, -0.2) is 0 Å². The van der Waals surface area contributed by atoms with Crippen molar-refractivity contribution in [2.24, 2.45) is 0 Å². The molecular formula is C9H17O6P2S2Zn-. The van der Waals surface area contributed by atoms with Crippen LogP contribution >= 0.6 is 13.4 Å². The predicted molar refractivity (Wildman–Crippen MR) is 83.0 cm³/mol. The largest absolute Gasteiger partial charge is 0.325 e. The first-order valence-corrected chi connectivity index (χ1v) is 9.78. The molecule has 0 radical (unpaired) electrons. The molecule has 0 unspecified atom stereocenters. The Hall–Kier alpha value is 0.643. The zero-order valence-electron chi connectivity index (χ0n) is 10.8. The molecule has 1 rings (SSSR count). The van der Waals surface area contributed by atoms with Crippen LogP contribution in [0.15, 0.2) is 43.0 Å². The van der Waals surface area contributed by atoms with Gasteiger partial charge < -0.3 is 29.4 Å². The minimum absolute atomic E-state index is 0. The summed E-state index contributed by atoms with van der Waals surface area (Å²) in [6.45, 7) is -2.36. The minimum atomic E-state index is -3.81. The maximum atomic E-state index is 7.56. The maximum absolute atomic E-state index is 7.56. The molecular weight excluding hydrogens is 396 g/mol. The third-order valence-corrected chi connectivity index (χ3v) is 0.607. The Labute approximate surface area is 141 Å². The molecule has 114 valence electrons.